The van der Waals surface area contributed by atoms with E-state index in [9.17, 15) is 13.2 Å². The maximum Gasteiger partial charge on any atom is 0.390 e. The van der Waals surface area contributed by atoms with E-state index in [2.05, 4.69) is 34.4 Å². The topological polar surface area (TPSA) is 48.9 Å². The number of nitrogens with one attached hydrogen (secondary N) is 2. The highest BCUT2D eigenvalue weighted by Crippen LogP contribution is 2.20. The predicted molar refractivity (Wildman–Crippen MR) is 94.9 cm³/mol. The van der Waals surface area contributed by atoms with Crippen molar-refractivity contribution in [2.24, 2.45) is 10.9 Å². The van der Waals surface area contributed by atoms with Crippen LogP contribution in [-0.4, -0.2) is 69.0 Å². The first-order chi connectivity index (χ1) is 11.9. The minimum atomic E-state index is -4.16. The average Bonchev–Trinajstić information content (AvgIpc) is 2.58. The molecule has 25 heavy (non-hydrogen) atoms. The van der Waals surface area contributed by atoms with Crippen LogP contribution in [0.5, 0.6) is 0 Å². The van der Waals surface area contributed by atoms with Crippen molar-refractivity contribution in [2.75, 3.05) is 45.9 Å². The first kappa shape index (κ1) is 22.0. The van der Waals surface area contributed by atoms with Crippen molar-refractivity contribution >= 4 is 5.96 Å². The van der Waals surface area contributed by atoms with Crippen LogP contribution in [0.2, 0.25) is 0 Å². The lowest BCUT2D eigenvalue weighted by molar-refractivity contribution is -0.132. The van der Waals surface area contributed by atoms with E-state index in [1.165, 1.54) is 0 Å². The summed E-state index contributed by atoms with van der Waals surface area (Å²) in [4.78, 5) is 6.98. The number of hydrogen-bond donors (Lipinski definition) is 2. The zero-order chi connectivity index (χ0) is 18.7. The lowest BCUT2D eigenvalue weighted by atomic mass is 9.92. The highest BCUT2D eigenvalue weighted by atomic mass is 19.4. The maximum absolute atomic E-state index is 12.3. The highest BCUT2D eigenvalue weighted by molar-refractivity contribution is 5.79. The van der Waals surface area contributed by atoms with E-state index in [1.807, 2.05) is 6.92 Å². The number of guanidine groups is 1. The second kappa shape index (κ2) is 11.6. The predicted octanol–water partition coefficient (Wildman–Crippen LogP) is 2.63. The van der Waals surface area contributed by atoms with Gasteiger partial charge in [0.1, 0.15) is 0 Å². The molecule has 0 aliphatic carbocycles. The lowest BCUT2D eigenvalue weighted by Gasteiger charge is -2.38. The molecule has 0 aromatic heterocycles. The van der Waals surface area contributed by atoms with Crippen LogP contribution in [0, 0.1) is 5.92 Å². The van der Waals surface area contributed by atoms with Crippen LogP contribution in [0.4, 0.5) is 13.2 Å². The molecule has 1 fully saturated rings. The minimum Gasteiger partial charge on any atom is -0.379 e. The summed E-state index contributed by atoms with van der Waals surface area (Å²) in [5.41, 5.74) is 0. The Balaban J connectivity index is 2.70. The van der Waals surface area contributed by atoms with E-state index >= 15 is 0 Å². The summed E-state index contributed by atoms with van der Waals surface area (Å²) >= 11 is 0. The van der Waals surface area contributed by atoms with Gasteiger partial charge in [0, 0.05) is 32.2 Å². The van der Waals surface area contributed by atoms with Gasteiger partial charge in [0.25, 0.3) is 0 Å². The van der Waals surface area contributed by atoms with Crippen molar-refractivity contribution in [3.8, 4) is 0 Å². The second-order valence-electron chi connectivity index (χ2n) is 6.30. The summed E-state index contributed by atoms with van der Waals surface area (Å²) in [6, 6.07) is 0.289. The first-order valence-corrected chi connectivity index (χ1v) is 9.31. The largest absolute Gasteiger partial charge is 0.390 e. The average molecular weight is 366 g/mol. The molecule has 1 saturated heterocycles. The van der Waals surface area contributed by atoms with Gasteiger partial charge in [0.05, 0.1) is 26.2 Å². The normalized spacial score (nSPS) is 18.4. The molecule has 1 unspecified atom stereocenters. The Morgan fingerprint density at radius 3 is 2.28 bits per heavy atom. The molecule has 8 heteroatoms. The summed E-state index contributed by atoms with van der Waals surface area (Å²) in [5, 5.41) is 5.82. The first-order valence-electron chi connectivity index (χ1n) is 9.31. The van der Waals surface area contributed by atoms with Crippen LogP contribution in [0.1, 0.15) is 40.0 Å². The van der Waals surface area contributed by atoms with Gasteiger partial charge in [-0.25, -0.2) is 0 Å². The zero-order valence-electron chi connectivity index (χ0n) is 15.7. The molecule has 1 aliphatic heterocycles. The number of halogens is 3. The van der Waals surface area contributed by atoms with Gasteiger partial charge in [-0.15, -0.1) is 0 Å². The Labute approximate surface area is 149 Å². The molecule has 1 aliphatic rings. The summed E-state index contributed by atoms with van der Waals surface area (Å²) in [6.07, 6.45) is -2.90. The van der Waals surface area contributed by atoms with Gasteiger partial charge < -0.3 is 15.4 Å². The van der Waals surface area contributed by atoms with Crippen molar-refractivity contribution in [3.05, 3.63) is 0 Å². The summed E-state index contributed by atoms with van der Waals surface area (Å²) in [7, 11) is 0. The Morgan fingerprint density at radius 1 is 1.12 bits per heavy atom. The van der Waals surface area contributed by atoms with Crippen LogP contribution < -0.4 is 10.6 Å². The Kier molecular flexibility index (Phi) is 10.2. The summed E-state index contributed by atoms with van der Waals surface area (Å²) in [6.45, 7) is 10.5. The van der Waals surface area contributed by atoms with E-state index in [0.29, 0.717) is 25.0 Å². The number of nitrogens with zero attached hydrogens (tertiary/aromatic N) is 2. The quantitative estimate of drug-likeness (QED) is 0.487. The van der Waals surface area contributed by atoms with Gasteiger partial charge in [-0.1, -0.05) is 26.7 Å². The fourth-order valence-corrected chi connectivity index (χ4v) is 3.15. The molecular weight excluding hydrogens is 333 g/mol. The van der Waals surface area contributed by atoms with Gasteiger partial charge in [0.15, 0.2) is 5.96 Å². The maximum atomic E-state index is 12.3. The fraction of sp³-hybridized carbons (Fsp3) is 0.941. The Morgan fingerprint density at radius 2 is 1.76 bits per heavy atom. The summed E-state index contributed by atoms with van der Waals surface area (Å²) in [5.74, 6) is 0.968. The third kappa shape index (κ3) is 8.76. The molecule has 1 atom stereocenters. The molecule has 0 bridgehead atoms. The molecule has 0 radical (unpaired) electrons. The fourth-order valence-electron chi connectivity index (χ4n) is 3.15. The number of rotatable bonds is 9. The number of alkyl halides is 3. The number of ether oxygens (including phenoxy) is 1. The van der Waals surface area contributed by atoms with Crippen LogP contribution in [0.3, 0.4) is 0 Å². The van der Waals surface area contributed by atoms with Gasteiger partial charge in [-0.2, -0.15) is 13.2 Å². The van der Waals surface area contributed by atoms with Crippen molar-refractivity contribution in [1.82, 2.24) is 15.5 Å². The molecule has 0 saturated carbocycles. The van der Waals surface area contributed by atoms with Gasteiger partial charge in [-0.3, -0.25) is 9.89 Å². The van der Waals surface area contributed by atoms with Crippen LogP contribution >= 0.6 is 0 Å². The van der Waals surface area contributed by atoms with Crippen molar-refractivity contribution in [1.29, 1.82) is 0 Å². The van der Waals surface area contributed by atoms with Crippen molar-refractivity contribution < 1.29 is 17.9 Å². The van der Waals surface area contributed by atoms with E-state index in [1.54, 1.807) is 0 Å². The Hall–Kier alpha value is -1.02. The number of morpholine rings is 1. The molecule has 1 rings (SSSR count). The lowest BCUT2D eigenvalue weighted by Crippen LogP contribution is -2.49. The van der Waals surface area contributed by atoms with Gasteiger partial charge in [-0.05, 0) is 12.8 Å². The van der Waals surface area contributed by atoms with Crippen LogP contribution in [0.15, 0.2) is 4.99 Å². The molecule has 5 nitrogen and oxygen atoms in total. The molecule has 1 heterocycles. The molecular formula is C17H33F3N4O. The van der Waals surface area contributed by atoms with Crippen LogP contribution in [-0.2, 0) is 4.74 Å². The van der Waals surface area contributed by atoms with E-state index in [4.69, 9.17) is 4.74 Å². The second-order valence-corrected chi connectivity index (χ2v) is 6.30. The zero-order valence-corrected chi connectivity index (χ0v) is 15.7. The SMILES string of the molecule is CCNC(=NCC(C(CC)CC)N1CCOCC1)NCCC(F)(F)F. The smallest absolute Gasteiger partial charge is 0.379 e. The third-order valence-corrected chi connectivity index (χ3v) is 4.59. The number of hydrogen-bond acceptors (Lipinski definition) is 3. The van der Waals surface area contributed by atoms with Gasteiger partial charge in [0.2, 0.25) is 0 Å². The molecule has 148 valence electrons. The highest BCUT2D eigenvalue weighted by Gasteiger charge is 2.28. The van der Waals surface area contributed by atoms with Crippen LogP contribution in [0.25, 0.3) is 0 Å². The molecule has 0 aromatic carbocycles. The molecule has 0 amide bonds. The van der Waals surface area contributed by atoms with Crippen molar-refractivity contribution in [3.63, 3.8) is 0 Å². The number of aliphatic imine (C=N–C) groups is 1. The summed E-state index contributed by atoms with van der Waals surface area (Å²) < 4.78 is 42.4. The standard InChI is InChI=1S/C17H33F3N4O/c1-4-14(5-2)15(24-9-11-25-12-10-24)13-23-16(21-6-3)22-8-7-17(18,19)20/h14-15H,4-13H2,1-3H3,(H2,21,22,23). The van der Waals surface area contributed by atoms with E-state index < -0.39 is 12.6 Å². The third-order valence-electron chi connectivity index (χ3n) is 4.59. The van der Waals surface area contributed by atoms with E-state index in [0.717, 1.165) is 39.1 Å². The Bertz CT molecular complexity index is 381. The molecule has 2 N–H and O–H groups in total. The monoisotopic (exact) mass is 366 g/mol. The van der Waals surface area contributed by atoms with E-state index in [-0.39, 0.29) is 12.6 Å². The van der Waals surface area contributed by atoms with Gasteiger partial charge >= 0.3 is 6.18 Å². The van der Waals surface area contributed by atoms with Crippen molar-refractivity contribution in [2.45, 2.75) is 52.3 Å². The molecule has 0 spiro atoms. The molecule has 0 aromatic rings. The minimum absolute atomic E-state index is 0.164.